The minimum absolute atomic E-state index is 0.0566. The third kappa shape index (κ3) is 6.04. The van der Waals surface area contributed by atoms with Crippen LogP contribution in [0, 0.1) is 0 Å². The molecule has 2 fully saturated rings. The summed E-state index contributed by atoms with van der Waals surface area (Å²) < 4.78 is 27.0. The summed E-state index contributed by atoms with van der Waals surface area (Å²) in [5.74, 6) is -0.182. The van der Waals surface area contributed by atoms with Crippen molar-refractivity contribution < 1.29 is 22.8 Å². The smallest absolute Gasteiger partial charge is 0.317 e. The third-order valence-electron chi connectivity index (χ3n) is 5.77. The van der Waals surface area contributed by atoms with Crippen LogP contribution in [0.4, 0.5) is 4.79 Å². The molecule has 0 aromatic heterocycles. The molecule has 10 heteroatoms. The first-order chi connectivity index (χ1) is 14.8. The molecular formula is C21H30N4O5S. The van der Waals surface area contributed by atoms with E-state index in [2.05, 4.69) is 10.6 Å². The lowest BCUT2D eigenvalue weighted by Gasteiger charge is -2.34. The van der Waals surface area contributed by atoms with Crippen LogP contribution in [-0.4, -0.2) is 74.1 Å². The first kappa shape index (κ1) is 23.2. The first-order valence-electron chi connectivity index (χ1n) is 10.7. The molecule has 9 nitrogen and oxygen atoms in total. The lowest BCUT2D eigenvalue weighted by molar-refractivity contribution is -0.121. The highest BCUT2D eigenvalue weighted by molar-refractivity contribution is 7.89. The number of nitrogens with zero attached hydrogens (tertiary/aromatic N) is 2. The second kappa shape index (κ2) is 10.2. The van der Waals surface area contributed by atoms with E-state index in [0.29, 0.717) is 5.56 Å². The van der Waals surface area contributed by atoms with E-state index in [9.17, 15) is 22.8 Å². The lowest BCUT2D eigenvalue weighted by Crippen LogP contribution is -2.53. The summed E-state index contributed by atoms with van der Waals surface area (Å²) in [6.07, 6.45) is 4.56. The molecule has 0 bridgehead atoms. The van der Waals surface area contributed by atoms with Crippen molar-refractivity contribution in [2.45, 2.75) is 50.0 Å². The first-order valence-corrected chi connectivity index (χ1v) is 12.1. The maximum absolute atomic E-state index is 12.8. The average molecular weight is 451 g/mol. The predicted octanol–water partition coefficient (Wildman–Crippen LogP) is 1.35. The van der Waals surface area contributed by atoms with Crippen molar-refractivity contribution in [3.05, 3.63) is 29.8 Å². The monoisotopic (exact) mass is 450 g/mol. The Morgan fingerprint density at radius 3 is 2.19 bits per heavy atom. The van der Waals surface area contributed by atoms with E-state index in [-0.39, 0.29) is 67.8 Å². The Kier molecular flexibility index (Phi) is 7.66. The van der Waals surface area contributed by atoms with E-state index in [1.54, 1.807) is 4.90 Å². The van der Waals surface area contributed by atoms with Crippen LogP contribution in [0.25, 0.3) is 0 Å². The number of nitrogens with one attached hydrogen (secondary N) is 2. The standard InChI is InChI=1S/C21H30N4O5S/c1-16(26)17-6-8-19(9-7-17)31(29,30)25-14-12-24(13-15-25)21(28)22-11-10-20(27)23-18-4-2-3-5-18/h6-9,18H,2-5,10-15H2,1H3,(H,22,28)(H,23,27). The fourth-order valence-electron chi connectivity index (χ4n) is 3.91. The van der Waals surface area contributed by atoms with Crippen molar-refractivity contribution in [2.24, 2.45) is 0 Å². The van der Waals surface area contributed by atoms with Gasteiger partial charge in [-0.3, -0.25) is 9.59 Å². The zero-order valence-corrected chi connectivity index (χ0v) is 18.6. The molecule has 170 valence electrons. The Hall–Kier alpha value is -2.46. The highest BCUT2D eigenvalue weighted by Crippen LogP contribution is 2.19. The number of ketones is 1. The van der Waals surface area contributed by atoms with Crippen LogP contribution in [0.5, 0.6) is 0 Å². The van der Waals surface area contributed by atoms with Crippen molar-refractivity contribution >= 4 is 27.7 Å². The molecule has 2 aliphatic rings. The van der Waals surface area contributed by atoms with Crippen LogP contribution in [0.1, 0.15) is 49.4 Å². The minimum Gasteiger partial charge on any atom is -0.353 e. The molecule has 2 N–H and O–H groups in total. The van der Waals surface area contributed by atoms with Crippen LogP contribution >= 0.6 is 0 Å². The summed E-state index contributed by atoms with van der Waals surface area (Å²) in [7, 11) is -3.68. The number of Topliss-reactive ketones (excluding diaryl/α,β-unsaturated/α-hetero) is 1. The van der Waals surface area contributed by atoms with Crippen molar-refractivity contribution in [3.8, 4) is 0 Å². The van der Waals surface area contributed by atoms with Gasteiger partial charge in [-0.15, -0.1) is 0 Å². The molecule has 1 aliphatic heterocycles. The highest BCUT2D eigenvalue weighted by atomic mass is 32.2. The Bertz CT molecular complexity index is 902. The van der Waals surface area contributed by atoms with Crippen LogP contribution in [0.15, 0.2) is 29.2 Å². The van der Waals surface area contributed by atoms with Crippen LogP contribution < -0.4 is 10.6 Å². The van der Waals surface area contributed by atoms with Gasteiger partial charge >= 0.3 is 6.03 Å². The summed E-state index contributed by atoms with van der Waals surface area (Å²) in [5, 5.41) is 5.72. The molecule has 1 aromatic rings. The molecule has 0 radical (unpaired) electrons. The van der Waals surface area contributed by atoms with Gasteiger partial charge in [-0.05, 0) is 31.9 Å². The maximum Gasteiger partial charge on any atom is 0.317 e. The Labute approximate surface area is 183 Å². The van der Waals surface area contributed by atoms with E-state index < -0.39 is 10.0 Å². The number of piperazine rings is 1. The summed E-state index contributed by atoms with van der Waals surface area (Å²) >= 11 is 0. The molecule has 1 saturated heterocycles. The number of hydrogen-bond donors (Lipinski definition) is 2. The largest absolute Gasteiger partial charge is 0.353 e. The quantitative estimate of drug-likeness (QED) is 0.609. The number of carbonyl (C=O) groups excluding carboxylic acids is 3. The van der Waals surface area contributed by atoms with Crippen molar-refractivity contribution in [3.63, 3.8) is 0 Å². The molecule has 1 saturated carbocycles. The van der Waals surface area contributed by atoms with Gasteiger partial charge in [0.2, 0.25) is 15.9 Å². The minimum atomic E-state index is -3.68. The van der Waals surface area contributed by atoms with Gasteiger partial charge in [0.05, 0.1) is 4.90 Å². The van der Waals surface area contributed by atoms with Gasteiger partial charge in [0.1, 0.15) is 0 Å². The van der Waals surface area contributed by atoms with Gasteiger partial charge in [0.25, 0.3) is 0 Å². The Balaban J connectivity index is 1.43. The van der Waals surface area contributed by atoms with E-state index >= 15 is 0 Å². The SMILES string of the molecule is CC(=O)c1ccc(S(=O)(=O)N2CCN(C(=O)NCCC(=O)NC3CCCC3)CC2)cc1. The van der Waals surface area contributed by atoms with E-state index in [1.807, 2.05) is 0 Å². The molecule has 1 aromatic carbocycles. The zero-order chi connectivity index (χ0) is 22.4. The fraction of sp³-hybridized carbons (Fsp3) is 0.571. The van der Waals surface area contributed by atoms with Gasteiger partial charge in [-0.2, -0.15) is 4.31 Å². The van der Waals surface area contributed by atoms with Crippen LogP contribution in [0.2, 0.25) is 0 Å². The average Bonchev–Trinajstić information content (AvgIpc) is 3.26. The van der Waals surface area contributed by atoms with Gasteiger partial charge in [-0.1, -0.05) is 25.0 Å². The summed E-state index contributed by atoms with van der Waals surface area (Å²) in [4.78, 5) is 37.3. The van der Waals surface area contributed by atoms with Crippen molar-refractivity contribution in [1.29, 1.82) is 0 Å². The van der Waals surface area contributed by atoms with E-state index in [0.717, 1.165) is 25.7 Å². The van der Waals surface area contributed by atoms with E-state index in [1.165, 1.54) is 35.5 Å². The number of urea groups is 1. The summed E-state index contributed by atoms with van der Waals surface area (Å²) in [6, 6.07) is 5.83. The van der Waals surface area contributed by atoms with Crippen LogP contribution in [-0.2, 0) is 14.8 Å². The maximum atomic E-state index is 12.8. The van der Waals surface area contributed by atoms with Crippen LogP contribution in [0.3, 0.4) is 0 Å². The Morgan fingerprint density at radius 2 is 1.61 bits per heavy atom. The second-order valence-corrected chi connectivity index (χ2v) is 9.94. The normalized spacial score (nSPS) is 18.0. The van der Waals surface area contributed by atoms with Crippen molar-refractivity contribution in [1.82, 2.24) is 19.8 Å². The van der Waals surface area contributed by atoms with Gasteiger partial charge in [0, 0.05) is 50.7 Å². The number of amides is 3. The Morgan fingerprint density at radius 1 is 1.00 bits per heavy atom. The number of benzene rings is 1. The predicted molar refractivity (Wildman–Crippen MR) is 115 cm³/mol. The molecule has 1 heterocycles. The summed E-state index contributed by atoms with van der Waals surface area (Å²) in [6.45, 7) is 2.59. The number of hydrogen-bond acceptors (Lipinski definition) is 5. The topological polar surface area (TPSA) is 116 Å². The molecule has 0 unspecified atom stereocenters. The molecule has 3 amide bonds. The van der Waals surface area contributed by atoms with Crippen molar-refractivity contribution in [2.75, 3.05) is 32.7 Å². The molecule has 0 spiro atoms. The molecule has 31 heavy (non-hydrogen) atoms. The molecule has 3 rings (SSSR count). The van der Waals surface area contributed by atoms with Gasteiger partial charge < -0.3 is 15.5 Å². The summed E-state index contributed by atoms with van der Waals surface area (Å²) in [5.41, 5.74) is 0.456. The highest BCUT2D eigenvalue weighted by Gasteiger charge is 2.30. The zero-order valence-electron chi connectivity index (χ0n) is 17.8. The lowest BCUT2D eigenvalue weighted by atomic mass is 10.2. The molecule has 1 aliphatic carbocycles. The van der Waals surface area contributed by atoms with Gasteiger partial charge in [0.15, 0.2) is 5.78 Å². The second-order valence-electron chi connectivity index (χ2n) is 8.00. The number of carbonyl (C=O) groups is 3. The van der Waals surface area contributed by atoms with Gasteiger partial charge in [-0.25, -0.2) is 13.2 Å². The fourth-order valence-corrected chi connectivity index (χ4v) is 5.33. The number of sulfonamides is 1. The molecule has 0 atom stereocenters. The third-order valence-corrected chi connectivity index (χ3v) is 7.69. The number of rotatable bonds is 7. The van der Waals surface area contributed by atoms with E-state index in [4.69, 9.17) is 0 Å². The molecular weight excluding hydrogens is 420 g/mol.